The zero-order chi connectivity index (χ0) is 17.7. The first-order valence-corrected chi connectivity index (χ1v) is 8.19. The Balaban J connectivity index is 2.04. The van der Waals surface area contributed by atoms with Crippen molar-refractivity contribution in [3.63, 3.8) is 0 Å². The summed E-state index contributed by atoms with van der Waals surface area (Å²) >= 11 is 0. The van der Waals surface area contributed by atoms with Crippen LogP contribution in [0.25, 0.3) is 0 Å². The van der Waals surface area contributed by atoms with Crippen LogP contribution >= 0.6 is 0 Å². The number of carbonyl (C=O) groups is 1. The van der Waals surface area contributed by atoms with E-state index >= 15 is 0 Å². The van der Waals surface area contributed by atoms with Crippen molar-refractivity contribution in [2.24, 2.45) is 5.92 Å². The molecule has 0 amide bonds. The van der Waals surface area contributed by atoms with Crippen LogP contribution in [0.15, 0.2) is 4.79 Å². The number of hydrogen-bond donors (Lipinski definition) is 1. The second-order valence-electron chi connectivity index (χ2n) is 6.22. The van der Waals surface area contributed by atoms with Crippen LogP contribution in [0.2, 0.25) is 0 Å². The van der Waals surface area contributed by atoms with Gasteiger partial charge in [0.1, 0.15) is 17.7 Å². The zero-order valence-electron chi connectivity index (χ0n) is 14.0. The Kier molecular flexibility index (Phi) is 5.76. The van der Waals surface area contributed by atoms with Crippen molar-refractivity contribution in [2.75, 3.05) is 0 Å². The molecule has 0 spiro atoms. The summed E-state index contributed by atoms with van der Waals surface area (Å²) in [7, 11) is 0. The van der Waals surface area contributed by atoms with Gasteiger partial charge in [-0.3, -0.25) is 9.59 Å². The van der Waals surface area contributed by atoms with Crippen LogP contribution in [0.4, 0.5) is 0 Å². The second kappa shape index (κ2) is 7.79. The van der Waals surface area contributed by atoms with Crippen LogP contribution in [0, 0.1) is 42.4 Å². The van der Waals surface area contributed by atoms with Crippen LogP contribution in [0.1, 0.15) is 54.5 Å². The summed E-state index contributed by atoms with van der Waals surface area (Å²) in [6.45, 7) is 3.47. The number of nitrogens with zero attached hydrogens (tertiary/aromatic N) is 2. The molecular formula is C18H21N3O3. The number of esters is 1. The zero-order valence-corrected chi connectivity index (χ0v) is 14.0. The molecule has 0 saturated heterocycles. The maximum atomic E-state index is 12.1. The molecule has 1 saturated carbocycles. The van der Waals surface area contributed by atoms with Crippen LogP contribution in [-0.4, -0.2) is 17.1 Å². The minimum absolute atomic E-state index is 0.0841. The third-order valence-corrected chi connectivity index (χ3v) is 4.65. The number of pyridine rings is 1. The first kappa shape index (κ1) is 17.7. The molecule has 1 aliphatic carbocycles. The van der Waals surface area contributed by atoms with Crippen molar-refractivity contribution >= 4 is 5.97 Å². The quantitative estimate of drug-likeness (QED) is 0.855. The van der Waals surface area contributed by atoms with Crippen LogP contribution in [0.5, 0.6) is 0 Å². The third kappa shape index (κ3) is 3.83. The number of hydrogen-bond acceptors (Lipinski definition) is 5. The summed E-state index contributed by atoms with van der Waals surface area (Å²) < 4.78 is 5.48. The summed E-state index contributed by atoms with van der Waals surface area (Å²) in [5.41, 5.74) is 1.75. The Morgan fingerprint density at radius 3 is 2.67 bits per heavy atom. The molecule has 0 unspecified atom stereocenters. The minimum Gasteiger partial charge on any atom is -0.461 e. The molecule has 2 atom stereocenters. The summed E-state index contributed by atoms with van der Waals surface area (Å²) in [6.07, 6.45) is 3.72. The Labute approximate surface area is 141 Å². The van der Waals surface area contributed by atoms with Gasteiger partial charge in [0.2, 0.25) is 0 Å². The molecule has 1 aliphatic rings. The first-order chi connectivity index (χ1) is 11.5. The minimum atomic E-state index is -0.405. The highest BCUT2D eigenvalue weighted by Gasteiger charge is 2.28. The number of aryl methyl sites for hydroxylation is 1. The molecule has 0 bridgehead atoms. The van der Waals surface area contributed by atoms with Crippen molar-refractivity contribution in [3.05, 3.63) is 32.7 Å². The molecule has 24 heavy (non-hydrogen) atoms. The molecule has 2 rings (SSSR count). The third-order valence-electron chi connectivity index (χ3n) is 4.65. The first-order valence-electron chi connectivity index (χ1n) is 8.19. The maximum absolute atomic E-state index is 12.1. The summed E-state index contributed by atoms with van der Waals surface area (Å²) in [4.78, 5) is 26.5. The number of rotatable bonds is 4. The number of aromatic nitrogens is 1. The van der Waals surface area contributed by atoms with Crippen LogP contribution in [-0.2, 0) is 16.0 Å². The predicted molar refractivity (Wildman–Crippen MR) is 87.0 cm³/mol. The fourth-order valence-corrected chi connectivity index (χ4v) is 3.26. The number of nitrogens with one attached hydrogen (secondary N) is 1. The fraction of sp³-hybridized carbons (Fsp3) is 0.556. The second-order valence-corrected chi connectivity index (χ2v) is 6.22. The van der Waals surface area contributed by atoms with E-state index in [2.05, 4.69) is 11.1 Å². The van der Waals surface area contributed by atoms with E-state index in [4.69, 9.17) is 15.3 Å². The number of nitriles is 2. The molecule has 1 aromatic heterocycles. The molecule has 1 heterocycles. The summed E-state index contributed by atoms with van der Waals surface area (Å²) in [6, 6.07) is 4.12. The van der Waals surface area contributed by atoms with Crippen molar-refractivity contribution in [1.82, 2.24) is 4.98 Å². The van der Waals surface area contributed by atoms with E-state index < -0.39 is 5.56 Å². The molecule has 126 valence electrons. The normalized spacial score (nSPS) is 20.0. The molecule has 0 radical (unpaired) electrons. The van der Waals surface area contributed by atoms with Gasteiger partial charge in [-0.1, -0.05) is 6.42 Å². The number of aromatic amines is 1. The number of ether oxygens (including phenoxy) is 1. The summed E-state index contributed by atoms with van der Waals surface area (Å²) in [5.74, 6) is -0.560. The molecule has 1 N–H and O–H groups in total. The summed E-state index contributed by atoms with van der Waals surface area (Å²) in [5, 5.41) is 18.2. The van der Waals surface area contributed by atoms with Gasteiger partial charge in [-0.2, -0.15) is 10.5 Å². The predicted octanol–water partition coefficient (Wildman–Crippen LogP) is 2.42. The lowest BCUT2D eigenvalue weighted by Gasteiger charge is -2.26. The maximum Gasteiger partial charge on any atom is 0.306 e. The van der Waals surface area contributed by atoms with Gasteiger partial charge in [-0.15, -0.1) is 0 Å². The molecule has 1 aromatic rings. The lowest BCUT2D eigenvalue weighted by molar-refractivity contribution is -0.152. The molecule has 6 heteroatoms. The average Bonchev–Trinajstić information content (AvgIpc) is 2.55. The van der Waals surface area contributed by atoms with Gasteiger partial charge in [-0.25, -0.2) is 0 Å². The van der Waals surface area contributed by atoms with E-state index in [-0.39, 0.29) is 30.0 Å². The molecule has 0 aliphatic heterocycles. The lowest BCUT2D eigenvalue weighted by atomic mass is 9.87. The van der Waals surface area contributed by atoms with Gasteiger partial charge >= 0.3 is 5.97 Å². The van der Waals surface area contributed by atoms with Crippen LogP contribution in [0.3, 0.4) is 0 Å². The van der Waals surface area contributed by atoms with Crippen molar-refractivity contribution < 1.29 is 9.53 Å². The molecule has 6 nitrogen and oxygen atoms in total. The van der Waals surface area contributed by atoms with Crippen molar-refractivity contribution in [1.29, 1.82) is 10.5 Å². The SMILES string of the molecule is Cc1[nH]c(=O)c(C#N)c(C)c1CCC(=O)O[C@H]1CCCC[C@@H]1C#N. The van der Waals surface area contributed by atoms with Crippen molar-refractivity contribution in [3.8, 4) is 12.1 Å². The van der Waals surface area contributed by atoms with E-state index in [0.717, 1.165) is 31.2 Å². The van der Waals surface area contributed by atoms with Crippen LogP contribution < -0.4 is 5.56 Å². The van der Waals surface area contributed by atoms with Crippen molar-refractivity contribution in [2.45, 2.75) is 58.5 Å². The standard InChI is InChI=1S/C18H21N3O3/c1-11-14(12(2)21-18(23)15(11)10-20)7-8-17(22)24-16-6-4-3-5-13(16)9-19/h13,16H,3-8H2,1-2H3,(H,21,23)/t13-,16+/m1/s1. The van der Waals surface area contributed by atoms with Gasteiger partial charge in [0, 0.05) is 12.1 Å². The van der Waals surface area contributed by atoms with E-state index in [1.165, 1.54) is 0 Å². The average molecular weight is 327 g/mol. The Morgan fingerprint density at radius 2 is 2.00 bits per heavy atom. The van der Waals surface area contributed by atoms with E-state index in [0.29, 0.717) is 17.7 Å². The Bertz CT molecular complexity index is 767. The Morgan fingerprint density at radius 1 is 1.29 bits per heavy atom. The van der Waals surface area contributed by atoms with E-state index in [9.17, 15) is 9.59 Å². The Hall–Kier alpha value is -2.60. The molecule has 1 fully saturated rings. The lowest BCUT2D eigenvalue weighted by Crippen LogP contribution is -2.29. The highest BCUT2D eigenvalue weighted by molar-refractivity contribution is 5.70. The van der Waals surface area contributed by atoms with Gasteiger partial charge in [0.25, 0.3) is 5.56 Å². The monoisotopic (exact) mass is 327 g/mol. The topological polar surface area (TPSA) is 107 Å². The molecular weight excluding hydrogens is 306 g/mol. The highest BCUT2D eigenvalue weighted by atomic mass is 16.5. The smallest absolute Gasteiger partial charge is 0.306 e. The highest BCUT2D eigenvalue weighted by Crippen LogP contribution is 2.27. The fourth-order valence-electron chi connectivity index (χ4n) is 3.26. The number of carbonyl (C=O) groups excluding carboxylic acids is 1. The van der Waals surface area contributed by atoms with E-state index in [1.807, 2.05) is 6.07 Å². The molecule has 0 aromatic carbocycles. The largest absolute Gasteiger partial charge is 0.461 e. The van der Waals surface area contributed by atoms with Gasteiger partial charge in [0.05, 0.1) is 12.0 Å². The van der Waals surface area contributed by atoms with Gasteiger partial charge in [-0.05, 0) is 50.7 Å². The van der Waals surface area contributed by atoms with Gasteiger partial charge < -0.3 is 9.72 Å². The van der Waals surface area contributed by atoms with E-state index in [1.54, 1.807) is 13.8 Å². The van der Waals surface area contributed by atoms with Gasteiger partial charge in [0.15, 0.2) is 0 Å². The number of H-pyrrole nitrogens is 1.